The summed E-state index contributed by atoms with van der Waals surface area (Å²) in [7, 11) is 0. The lowest BCUT2D eigenvalue weighted by Gasteiger charge is -2.44. The van der Waals surface area contributed by atoms with Crippen LogP contribution in [0.3, 0.4) is 0 Å². The van der Waals surface area contributed by atoms with Crippen LogP contribution in [0.1, 0.15) is 45.4 Å². The van der Waals surface area contributed by atoms with Crippen LogP contribution in [-0.2, 0) is 9.47 Å². The molecule has 0 amide bonds. The number of hydrogen-bond donors (Lipinski definition) is 1. The molecule has 1 N–H and O–H groups in total. The smallest absolute Gasteiger partial charge is 0.168 e. The van der Waals surface area contributed by atoms with E-state index in [0.717, 1.165) is 52.0 Å². The van der Waals surface area contributed by atoms with Gasteiger partial charge in [0.25, 0.3) is 0 Å². The lowest BCUT2D eigenvalue weighted by Crippen LogP contribution is -2.51. The predicted octanol–water partition coefficient (Wildman–Crippen LogP) is 1.76. The Bertz CT molecular complexity index is 296. The molecule has 2 saturated heterocycles. The van der Waals surface area contributed by atoms with Crippen molar-refractivity contribution in [2.75, 3.05) is 26.3 Å². The quantitative estimate of drug-likeness (QED) is 0.829. The summed E-state index contributed by atoms with van der Waals surface area (Å²) in [5.74, 6) is 0.157. The van der Waals surface area contributed by atoms with Crippen molar-refractivity contribution in [3.63, 3.8) is 0 Å². The van der Waals surface area contributed by atoms with Gasteiger partial charge in [0.15, 0.2) is 5.79 Å². The highest BCUT2D eigenvalue weighted by Gasteiger charge is 2.42. The van der Waals surface area contributed by atoms with E-state index >= 15 is 0 Å². The van der Waals surface area contributed by atoms with Gasteiger partial charge >= 0.3 is 0 Å². The number of piperidine rings is 1. The molecular weight excluding hydrogens is 242 g/mol. The summed E-state index contributed by atoms with van der Waals surface area (Å²) >= 11 is 0. The van der Waals surface area contributed by atoms with Crippen molar-refractivity contribution in [3.8, 4) is 0 Å². The highest BCUT2D eigenvalue weighted by Crippen LogP contribution is 2.36. The molecule has 0 aromatic carbocycles. The predicted molar refractivity (Wildman–Crippen MR) is 72.9 cm³/mol. The number of rotatable bonds is 2. The first kappa shape index (κ1) is 13.8. The molecule has 2 aliphatic heterocycles. The Kier molecular flexibility index (Phi) is 4.13. The van der Waals surface area contributed by atoms with E-state index in [1.807, 2.05) is 0 Å². The maximum Gasteiger partial charge on any atom is 0.168 e. The summed E-state index contributed by atoms with van der Waals surface area (Å²) in [6, 6.07) is 0.396. The number of ether oxygens (including phenoxy) is 2. The fraction of sp³-hybridized carbons (Fsp3) is 1.00. The summed E-state index contributed by atoms with van der Waals surface area (Å²) in [6.07, 6.45) is 6.74. The van der Waals surface area contributed by atoms with Crippen molar-refractivity contribution in [3.05, 3.63) is 0 Å². The van der Waals surface area contributed by atoms with Crippen LogP contribution >= 0.6 is 0 Å². The maximum absolute atomic E-state index is 10.2. The Labute approximate surface area is 116 Å². The summed E-state index contributed by atoms with van der Waals surface area (Å²) in [4.78, 5) is 2.50. The zero-order valence-corrected chi connectivity index (χ0v) is 12.0. The van der Waals surface area contributed by atoms with Crippen LogP contribution in [0.25, 0.3) is 0 Å². The van der Waals surface area contributed by atoms with Crippen LogP contribution in [0.2, 0.25) is 0 Å². The van der Waals surface area contributed by atoms with Gasteiger partial charge in [-0.25, -0.2) is 0 Å². The van der Waals surface area contributed by atoms with E-state index in [1.54, 1.807) is 0 Å². The van der Waals surface area contributed by atoms with Gasteiger partial charge in [0.1, 0.15) is 0 Å². The molecule has 2 heterocycles. The maximum atomic E-state index is 10.2. The number of likely N-dealkylation sites (tertiary alicyclic amines) is 1. The Hall–Kier alpha value is -0.160. The molecule has 19 heavy (non-hydrogen) atoms. The van der Waals surface area contributed by atoms with E-state index in [1.165, 1.54) is 12.8 Å². The van der Waals surface area contributed by atoms with Crippen molar-refractivity contribution in [2.24, 2.45) is 5.92 Å². The molecule has 3 fully saturated rings. The summed E-state index contributed by atoms with van der Waals surface area (Å²) < 4.78 is 11.6. The summed E-state index contributed by atoms with van der Waals surface area (Å²) in [5.41, 5.74) is 0. The molecule has 2 atom stereocenters. The van der Waals surface area contributed by atoms with Crippen LogP contribution in [0, 0.1) is 5.92 Å². The van der Waals surface area contributed by atoms with Crippen LogP contribution in [0.4, 0.5) is 0 Å². The van der Waals surface area contributed by atoms with E-state index < -0.39 is 0 Å². The van der Waals surface area contributed by atoms with Gasteiger partial charge in [-0.2, -0.15) is 0 Å². The van der Waals surface area contributed by atoms with Crippen molar-refractivity contribution >= 4 is 0 Å². The van der Waals surface area contributed by atoms with E-state index in [-0.39, 0.29) is 11.9 Å². The number of aliphatic hydroxyl groups excluding tert-OH is 1. The SMILES string of the molecule is CC1(C2CCN([C@H]3CCCC[C@H]3O)CC2)OCCO1. The Morgan fingerprint density at radius 3 is 2.26 bits per heavy atom. The summed E-state index contributed by atoms with van der Waals surface area (Å²) in [6.45, 7) is 5.72. The molecule has 0 aromatic rings. The van der Waals surface area contributed by atoms with E-state index in [4.69, 9.17) is 9.47 Å². The van der Waals surface area contributed by atoms with Gasteiger partial charge in [-0.1, -0.05) is 12.8 Å². The fourth-order valence-electron chi connectivity index (χ4n) is 4.04. The molecule has 3 rings (SSSR count). The van der Waals surface area contributed by atoms with Gasteiger partial charge in [-0.15, -0.1) is 0 Å². The monoisotopic (exact) mass is 269 g/mol. The Balaban J connectivity index is 1.54. The molecule has 0 radical (unpaired) electrons. The second-order valence-electron chi connectivity index (χ2n) is 6.44. The minimum absolute atomic E-state index is 0.111. The fourth-order valence-corrected chi connectivity index (χ4v) is 4.04. The van der Waals surface area contributed by atoms with Gasteiger partial charge in [0.05, 0.1) is 19.3 Å². The van der Waals surface area contributed by atoms with Gasteiger partial charge in [0, 0.05) is 12.0 Å². The van der Waals surface area contributed by atoms with Crippen LogP contribution in [0.15, 0.2) is 0 Å². The van der Waals surface area contributed by atoms with Crippen LogP contribution in [0.5, 0.6) is 0 Å². The normalized spacial score (nSPS) is 37.6. The Morgan fingerprint density at radius 1 is 1.00 bits per heavy atom. The van der Waals surface area contributed by atoms with E-state index in [2.05, 4.69) is 11.8 Å². The molecule has 4 nitrogen and oxygen atoms in total. The Morgan fingerprint density at radius 2 is 1.63 bits per heavy atom. The topological polar surface area (TPSA) is 41.9 Å². The van der Waals surface area contributed by atoms with E-state index in [0.29, 0.717) is 12.0 Å². The third-order valence-corrected chi connectivity index (χ3v) is 5.29. The van der Waals surface area contributed by atoms with Crippen molar-refractivity contribution in [1.29, 1.82) is 0 Å². The standard InChI is InChI=1S/C15H27NO3/c1-15(18-10-11-19-15)12-6-8-16(9-7-12)13-4-2-3-5-14(13)17/h12-14,17H,2-11H2,1H3/t13-,14+/m0/s1. The molecule has 0 unspecified atom stereocenters. The lowest BCUT2D eigenvalue weighted by atomic mass is 9.85. The number of aliphatic hydroxyl groups is 1. The van der Waals surface area contributed by atoms with Gasteiger partial charge in [-0.05, 0) is 45.7 Å². The van der Waals surface area contributed by atoms with Gasteiger partial charge < -0.3 is 14.6 Å². The summed E-state index contributed by atoms with van der Waals surface area (Å²) in [5, 5.41) is 10.2. The van der Waals surface area contributed by atoms with Crippen molar-refractivity contribution in [1.82, 2.24) is 4.90 Å². The zero-order valence-electron chi connectivity index (χ0n) is 12.0. The number of nitrogens with zero attached hydrogens (tertiary/aromatic N) is 1. The average Bonchev–Trinajstić information content (AvgIpc) is 2.88. The average molecular weight is 269 g/mol. The molecule has 0 spiro atoms. The third-order valence-electron chi connectivity index (χ3n) is 5.29. The molecule has 3 aliphatic rings. The van der Waals surface area contributed by atoms with Crippen LogP contribution in [-0.4, -0.2) is 54.2 Å². The third kappa shape index (κ3) is 2.82. The lowest BCUT2D eigenvalue weighted by molar-refractivity contribution is -0.192. The zero-order chi connectivity index (χ0) is 13.3. The second-order valence-corrected chi connectivity index (χ2v) is 6.44. The number of hydrogen-bond acceptors (Lipinski definition) is 4. The first-order chi connectivity index (χ1) is 9.19. The van der Waals surface area contributed by atoms with Gasteiger partial charge in [0.2, 0.25) is 0 Å². The molecule has 0 bridgehead atoms. The first-order valence-corrected chi connectivity index (χ1v) is 7.89. The molecule has 0 aromatic heterocycles. The molecule has 4 heteroatoms. The van der Waals surface area contributed by atoms with Crippen molar-refractivity contribution in [2.45, 2.75) is 63.4 Å². The highest BCUT2D eigenvalue weighted by molar-refractivity contribution is 4.89. The molecular formula is C15H27NO3. The van der Waals surface area contributed by atoms with E-state index in [9.17, 15) is 5.11 Å². The van der Waals surface area contributed by atoms with Crippen LogP contribution < -0.4 is 0 Å². The van der Waals surface area contributed by atoms with Gasteiger partial charge in [-0.3, -0.25) is 4.90 Å². The highest BCUT2D eigenvalue weighted by atomic mass is 16.7. The minimum Gasteiger partial charge on any atom is -0.391 e. The second kappa shape index (κ2) is 5.68. The minimum atomic E-state index is -0.350. The largest absolute Gasteiger partial charge is 0.391 e. The molecule has 1 saturated carbocycles. The molecule has 110 valence electrons. The van der Waals surface area contributed by atoms with Crippen molar-refractivity contribution < 1.29 is 14.6 Å². The first-order valence-electron chi connectivity index (χ1n) is 7.89. The molecule has 1 aliphatic carbocycles.